The summed E-state index contributed by atoms with van der Waals surface area (Å²) in [6.45, 7) is -0.0609. The van der Waals surface area contributed by atoms with Crippen molar-refractivity contribution in [2.45, 2.75) is 31.0 Å². The van der Waals surface area contributed by atoms with E-state index < -0.39 is 70.3 Å². The van der Waals surface area contributed by atoms with Crippen LogP contribution < -0.4 is 5.56 Å². The van der Waals surface area contributed by atoms with Gasteiger partial charge in [0.25, 0.3) is 5.56 Å². The zero-order valence-electron chi connectivity index (χ0n) is 15.0. The Labute approximate surface area is 176 Å². The molecule has 2 rings (SSSR count). The maximum atomic E-state index is 13.6. The van der Waals surface area contributed by atoms with Crippen LogP contribution in [0.1, 0.15) is 13.2 Å². The van der Waals surface area contributed by atoms with Gasteiger partial charge >= 0.3 is 23.5 Å². The van der Waals surface area contributed by atoms with Gasteiger partial charge in [0.15, 0.2) is 11.0 Å². The Morgan fingerprint density at radius 3 is 2.39 bits per heavy atom. The summed E-state index contributed by atoms with van der Waals surface area (Å²) < 4.78 is 64.3. The van der Waals surface area contributed by atoms with Crippen molar-refractivity contribution < 1.29 is 65.8 Å². The molecule has 3 unspecified atom stereocenters. The fourth-order valence-corrected chi connectivity index (χ4v) is 5.75. The highest BCUT2D eigenvalue weighted by atomic mass is 32.1. The van der Waals surface area contributed by atoms with Gasteiger partial charge in [-0.2, -0.15) is 13.0 Å². The minimum absolute atomic E-state index is 0.405. The maximum Gasteiger partial charge on any atom is 0.490 e. The van der Waals surface area contributed by atoms with E-state index in [-0.39, 0.29) is 0 Å². The van der Waals surface area contributed by atoms with Crippen LogP contribution in [0.5, 0.6) is 0 Å². The number of aromatic amines is 1. The van der Waals surface area contributed by atoms with Crippen LogP contribution in [0.25, 0.3) is 0 Å². The van der Waals surface area contributed by atoms with Crippen LogP contribution in [-0.4, -0.2) is 63.8 Å². The third kappa shape index (κ3) is 6.66. The minimum Gasteiger partial charge on any atom is -0.387 e. The fraction of sp³-hybridized carbons (Fsp3) is 0.600. The fourth-order valence-electron chi connectivity index (χ4n) is 2.48. The molecule has 1 aliphatic rings. The van der Waals surface area contributed by atoms with E-state index in [1.54, 1.807) is 0 Å². The maximum absolute atomic E-state index is 13.6. The smallest absolute Gasteiger partial charge is 0.387 e. The summed E-state index contributed by atoms with van der Waals surface area (Å²) in [6.07, 6.45) is -4.56. The van der Waals surface area contributed by atoms with Gasteiger partial charge in [0.1, 0.15) is 17.8 Å². The molecular weight excluding hydrogens is 516 g/mol. The highest BCUT2D eigenvalue weighted by Crippen LogP contribution is 2.66. The van der Waals surface area contributed by atoms with Gasteiger partial charge < -0.3 is 34.5 Å². The molecule has 178 valence electrons. The second-order valence-corrected chi connectivity index (χ2v) is 11.0. The molecule has 16 nitrogen and oxygen atoms in total. The van der Waals surface area contributed by atoms with Gasteiger partial charge in [-0.3, -0.25) is 18.9 Å². The van der Waals surface area contributed by atoms with Crippen molar-refractivity contribution in [2.24, 2.45) is 0 Å². The average Bonchev–Trinajstić information content (AvgIpc) is 2.76. The molecule has 0 radical (unpaired) electrons. The molecule has 1 aromatic heterocycles. The molecule has 0 saturated carbocycles. The molecule has 21 heteroatoms. The quantitative estimate of drug-likeness (QED) is 0.163. The molecule has 1 aromatic rings. The summed E-state index contributed by atoms with van der Waals surface area (Å²) >= 11 is 4.84. The zero-order chi connectivity index (χ0) is 24.0. The van der Waals surface area contributed by atoms with E-state index in [1.165, 1.54) is 0 Å². The summed E-state index contributed by atoms with van der Waals surface area (Å²) in [5.74, 6) is -1.31. The minimum atomic E-state index is -5.76. The molecule has 7 N–H and O–H groups in total. The second kappa shape index (κ2) is 8.93. The van der Waals surface area contributed by atoms with Crippen LogP contribution in [-0.2, 0) is 31.6 Å². The Balaban J connectivity index is 2.17. The lowest BCUT2D eigenvalue weighted by Crippen LogP contribution is -2.44. The predicted octanol–water partition coefficient (Wildman–Crippen LogP) is -0.602. The number of rotatable bonds is 8. The Kier molecular flexibility index (Phi) is 7.65. The van der Waals surface area contributed by atoms with Gasteiger partial charge in [-0.05, 0) is 19.1 Å². The zero-order valence-corrected chi connectivity index (χ0v) is 18.5. The molecular formula is C10H16FN2O14P3S. The average molecular weight is 532 g/mol. The largest absolute Gasteiger partial charge is 0.490 e. The third-order valence-electron chi connectivity index (χ3n) is 3.75. The van der Waals surface area contributed by atoms with E-state index >= 15 is 0 Å². The van der Waals surface area contributed by atoms with Crippen LogP contribution in [0.15, 0.2) is 11.0 Å². The number of H-pyrrole nitrogens is 1. The summed E-state index contributed by atoms with van der Waals surface area (Å²) in [6, 6.07) is 0. The summed E-state index contributed by atoms with van der Waals surface area (Å²) in [5.41, 5.74) is -3.38. The monoisotopic (exact) mass is 532 g/mol. The van der Waals surface area contributed by atoms with Crippen LogP contribution in [0.2, 0.25) is 0 Å². The van der Waals surface area contributed by atoms with Crippen molar-refractivity contribution in [3.05, 3.63) is 27.1 Å². The van der Waals surface area contributed by atoms with E-state index in [9.17, 15) is 38.0 Å². The first-order chi connectivity index (χ1) is 13.8. The number of aliphatic hydroxyl groups excluding tert-OH is 1. The van der Waals surface area contributed by atoms with E-state index in [1.807, 2.05) is 4.98 Å². The highest BCUT2D eigenvalue weighted by Gasteiger charge is 2.54. The van der Waals surface area contributed by atoms with Crippen molar-refractivity contribution in [2.75, 3.05) is 6.61 Å². The van der Waals surface area contributed by atoms with Crippen LogP contribution in [0.3, 0.4) is 0 Å². The summed E-state index contributed by atoms with van der Waals surface area (Å²) in [5, 5.41) is 20.7. The molecule has 2 heterocycles. The van der Waals surface area contributed by atoms with Gasteiger partial charge in [0, 0.05) is 0 Å². The normalized spacial score (nSPS) is 30.6. The molecule has 0 bridgehead atoms. The van der Waals surface area contributed by atoms with Gasteiger partial charge in [-0.25, -0.2) is 13.7 Å². The summed E-state index contributed by atoms with van der Waals surface area (Å²) in [4.78, 5) is 48.7. The number of halogens is 1. The van der Waals surface area contributed by atoms with Crippen molar-refractivity contribution >= 4 is 35.7 Å². The van der Waals surface area contributed by atoms with Gasteiger partial charge in [-0.1, -0.05) is 0 Å². The van der Waals surface area contributed by atoms with Gasteiger partial charge in [0.05, 0.1) is 12.8 Å². The van der Waals surface area contributed by atoms with Crippen LogP contribution in [0.4, 0.5) is 4.39 Å². The Bertz CT molecular complexity index is 1100. The lowest BCUT2D eigenvalue weighted by Gasteiger charge is -2.28. The van der Waals surface area contributed by atoms with Crippen molar-refractivity contribution in [3.63, 3.8) is 0 Å². The molecule has 1 aliphatic heterocycles. The van der Waals surface area contributed by atoms with Crippen molar-refractivity contribution in [1.29, 1.82) is 0 Å². The first-order valence-corrected chi connectivity index (χ1v) is 12.6. The highest BCUT2D eigenvalue weighted by molar-refractivity contribution is 7.71. The molecule has 0 aliphatic carbocycles. The van der Waals surface area contributed by atoms with Crippen LogP contribution >= 0.6 is 35.7 Å². The lowest BCUT2D eigenvalue weighted by molar-refractivity contribution is -0.0981. The molecule has 0 amide bonds. The molecule has 0 spiro atoms. The van der Waals surface area contributed by atoms with Crippen molar-refractivity contribution in [1.82, 2.24) is 9.55 Å². The van der Waals surface area contributed by atoms with Crippen molar-refractivity contribution in [3.8, 4) is 0 Å². The van der Waals surface area contributed by atoms with E-state index in [2.05, 4.69) is 13.1 Å². The van der Waals surface area contributed by atoms with Gasteiger partial charge in [0.2, 0.25) is 5.82 Å². The lowest BCUT2D eigenvalue weighted by atomic mass is 9.96. The van der Waals surface area contributed by atoms with Gasteiger partial charge in [-0.15, -0.1) is 0 Å². The first kappa shape index (κ1) is 26.6. The molecule has 31 heavy (non-hydrogen) atoms. The topological polar surface area (TPSA) is 247 Å². The third-order valence-corrected chi connectivity index (χ3v) is 7.86. The molecule has 1 fully saturated rings. The standard InChI is InChI=1S/C10H16FN2O14P3S/c1-10(16)6(14)5(25-8(10)13-2-4(11)7(15)12-9(13)31)3-24-29(20,21)27-30(22,23)26-28(17,18)19/h2,5-6,8,14,16H,3H2,1H3,(H,20,21)(H,22,23)(H,12,15,31)(H2,17,18,19)/t5-,6+,8-,10?/m1/s1. The predicted molar refractivity (Wildman–Crippen MR) is 96.2 cm³/mol. The second-order valence-electron chi connectivity index (χ2n) is 6.23. The van der Waals surface area contributed by atoms with Crippen LogP contribution in [0, 0.1) is 10.6 Å². The number of hydrogen-bond donors (Lipinski definition) is 7. The number of phosphoric acid groups is 3. The number of aromatic nitrogens is 2. The molecule has 1 saturated heterocycles. The number of nitrogens with one attached hydrogen (secondary N) is 1. The van der Waals surface area contributed by atoms with E-state index in [0.29, 0.717) is 6.20 Å². The summed E-state index contributed by atoms with van der Waals surface area (Å²) in [7, 11) is -16.9. The van der Waals surface area contributed by atoms with E-state index in [0.717, 1.165) is 11.5 Å². The Morgan fingerprint density at radius 1 is 1.26 bits per heavy atom. The number of hydrogen-bond acceptors (Lipinski definition) is 11. The number of nitrogens with zero attached hydrogens (tertiary/aromatic N) is 1. The number of aliphatic hydroxyl groups is 2. The van der Waals surface area contributed by atoms with E-state index in [4.69, 9.17) is 31.6 Å². The molecule has 0 aromatic carbocycles. The number of ether oxygens (including phenoxy) is 1. The Morgan fingerprint density at radius 2 is 1.84 bits per heavy atom. The molecule has 6 atom stereocenters. The SMILES string of the molecule is CC1(O)[C@@H](O)[C@@H](COP(=O)(O)OP(=O)(O)OP(=O)(O)O)O[C@H]1n1cc(F)c(=O)[nH]c1=S. The number of phosphoric ester groups is 1. The first-order valence-electron chi connectivity index (χ1n) is 7.70. The Hall–Kier alpha value is -0.680.